The van der Waals surface area contributed by atoms with Crippen LogP contribution < -0.4 is 5.73 Å². The van der Waals surface area contributed by atoms with Crippen molar-refractivity contribution in [3.05, 3.63) is 34.9 Å². The SMILES string of the molecule is COC1(C(N)c2ccc(Cl)cc2)CCOCC1. The van der Waals surface area contributed by atoms with Crippen LogP contribution in [0.4, 0.5) is 0 Å². The lowest BCUT2D eigenvalue weighted by Crippen LogP contribution is -2.47. The third kappa shape index (κ3) is 2.63. The van der Waals surface area contributed by atoms with Crippen molar-refractivity contribution in [2.45, 2.75) is 24.5 Å². The number of ether oxygens (including phenoxy) is 2. The van der Waals surface area contributed by atoms with Crippen molar-refractivity contribution in [1.82, 2.24) is 0 Å². The molecule has 1 saturated heterocycles. The van der Waals surface area contributed by atoms with Gasteiger partial charge in [-0.15, -0.1) is 0 Å². The Morgan fingerprint density at radius 3 is 2.41 bits per heavy atom. The summed E-state index contributed by atoms with van der Waals surface area (Å²) in [5.41, 5.74) is 7.08. The summed E-state index contributed by atoms with van der Waals surface area (Å²) in [5.74, 6) is 0. The van der Waals surface area contributed by atoms with E-state index >= 15 is 0 Å². The molecular weight excluding hydrogens is 238 g/mol. The minimum Gasteiger partial charge on any atom is -0.381 e. The van der Waals surface area contributed by atoms with E-state index in [1.165, 1.54) is 0 Å². The Balaban J connectivity index is 2.21. The number of benzene rings is 1. The maximum Gasteiger partial charge on any atom is 0.0914 e. The third-order valence-electron chi connectivity index (χ3n) is 3.54. The predicted molar refractivity (Wildman–Crippen MR) is 68.2 cm³/mol. The summed E-state index contributed by atoms with van der Waals surface area (Å²) in [4.78, 5) is 0. The lowest BCUT2D eigenvalue weighted by molar-refractivity contribution is -0.105. The molecule has 1 aliphatic rings. The molecule has 0 bridgehead atoms. The van der Waals surface area contributed by atoms with Crippen molar-refractivity contribution in [2.75, 3.05) is 20.3 Å². The Hall–Kier alpha value is -0.610. The molecule has 2 rings (SSSR count). The second-order valence-electron chi connectivity index (χ2n) is 4.41. The van der Waals surface area contributed by atoms with E-state index in [0.29, 0.717) is 13.2 Å². The first-order valence-electron chi connectivity index (χ1n) is 5.82. The molecule has 0 aromatic heterocycles. The van der Waals surface area contributed by atoms with Gasteiger partial charge in [-0.1, -0.05) is 23.7 Å². The van der Waals surface area contributed by atoms with Crippen molar-refractivity contribution in [3.63, 3.8) is 0 Å². The van der Waals surface area contributed by atoms with Crippen LogP contribution in [0.2, 0.25) is 5.02 Å². The standard InChI is InChI=1S/C13H18ClNO2/c1-16-13(6-8-17-9-7-13)12(15)10-2-4-11(14)5-3-10/h2-5,12H,6-9,15H2,1H3. The van der Waals surface area contributed by atoms with Crippen molar-refractivity contribution in [1.29, 1.82) is 0 Å². The summed E-state index contributed by atoms with van der Waals surface area (Å²) in [5, 5.41) is 0.722. The number of rotatable bonds is 3. The zero-order valence-corrected chi connectivity index (χ0v) is 10.7. The number of halogens is 1. The predicted octanol–water partition coefficient (Wildman–Crippen LogP) is 2.54. The van der Waals surface area contributed by atoms with Gasteiger partial charge in [-0.25, -0.2) is 0 Å². The quantitative estimate of drug-likeness (QED) is 0.903. The van der Waals surface area contributed by atoms with Gasteiger partial charge in [0.2, 0.25) is 0 Å². The number of nitrogens with two attached hydrogens (primary N) is 1. The molecule has 1 atom stereocenters. The molecule has 1 fully saturated rings. The Labute approximate surface area is 107 Å². The molecule has 1 unspecified atom stereocenters. The molecule has 3 nitrogen and oxygen atoms in total. The van der Waals surface area contributed by atoms with Crippen LogP contribution in [0.3, 0.4) is 0 Å². The zero-order valence-electron chi connectivity index (χ0n) is 9.99. The van der Waals surface area contributed by atoms with Crippen LogP contribution in [0, 0.1) is 0 Å². The molecule has 17 heavy (non-hydrogen) atoms. The van der Waals surface area contributed by atoms with E-state index in [4.69, 9.17) is 26.8 Å². The lowest BCUT2D eigenvalue weighted by atomic mass is 9.83. The van der Waals surface area contributed by atoms with Crippen molar-refractivity contribution in [2.24, 2.45) is 5.73 Å². The monoisotopic (exact) mass is 255 g/mol. The molecule has 1 heterocycles. The van der Waals surface area contributed by atoms with E-state index in [2.05, 4.69) is 0 Å². The van der Waals surface area contributed by atoms with Gasteiger partial charge in [0.05, 0.1) is 11.6 Å². The van der Waals surface area contributed by atoms with E-state index in [0.717, 1.165) is 23.4 Å². The molecule has 0 aliphatic carbocycles. The van der Waals surface area contributed by atoms with Gasteiger partial charge in [-0.3, -0.25) is 0 Å². The van der Waals surface area contributed by atoms with Crippen molar-refractivity contribution in [3.8, 4) is 0 Å². The van der Waals surface area contributed by atoms with Gasteiger partial charge in [0.15, 0.2) is 0 Å². The average molecular weight is 256 g/mol. The minimum atomic E-state index is -0.313. The fourth-order valence-corrected chi connectivity index (χ4v) is 2.46. The molecule has 2 N–H and O–H groups in total. The van der Waals surface area contributed by atoms with E-state index in [1.807, 2.05) is 24.3 Å². The highest BCUT2D eigenvalue weighted by Crippen LogP contribution is 2.35. The molecule has 1 aromatic rings. The van der Waals surface area contributed by atoms with Gasteiger partial charge in [-0.05, 0) is 17.7 Å². The van der Waals surface area contributed by atoms with E-state index in [9.17, 15) is 0 Å². The lowest BCUT2D eigenvalue weighted by Gasteiger charge is -2.40. The molecule has 94 valence electrons. The fraction of sp³-hybridized carbons (Fsp3) is 0.538. The molecule has 0 spiro atoms. The van der Waals surface area contributed by atoms with Gasteiger partial charge in [0.25, 0.3) is 0 Å². The van der Waals surface area contributed by atoms with Gasteiger partial charge < -0.3 is 15.2 Å². The van der Waals surface area contributed by atoms with Crippen LogP contribution in [0.15, 0.2) is 24.3 Å². The molecular formula is C13H18ClNO2. The molecule has 0 amide bonds. The Morgan fingerprint density at radius 1 is 1.29 bits per heavy atom. The zero-order chi connectivity index (χ0) is 12.3. The first-order chi connectivity index (χ1) is 8.18. The average Bonchev–Trinajstić information content (AvgIpc) is 2.39. The first-order valence-corrected chi connectivity index (χ1v) is 6.20. The minimum absolute atomic E-state index is 0.145. The van der Waals surface area contributed by atoms with Crippen LogP contribution in [0.1, 0.15) is 24.4 Å². The van der Waals surface area contributed by atoms with Gasteiger partial charge in [0, 0.05) is 38.2 Å². The normalized spacial score (nSPS) is 21.1. The first kappa shape index (κ1) is 12.8. The summed E-state index contributed by atoms with van der Waals surface area (Å²) < 4.78 is 11.1. The number of hydrogen-bond acceptors (Lipinski definition) is 3. The van der Waals surface area contributed by atoms with Crippen molar-refractivity contribution < 1.29 is 9.47 Å². The molecule has 1 aromatic carbocycles. The summed E-state index contributed by atoms with van der Waals surface area (Å²) in [6.07, 6.45) is 1.65. The number of hydrogen-bond donors (Lipinski definition) is 1. The number of methoxy groups -OCH3 is 1. The van der Waals surface area contributed by atoms with Crippen LogP contribution in [-0.4, -0.2) is 25.9 Å². The highest BCUT2D eigenvalue weighted by atomic mass is 35.5. The highest BCUT2D eigenvalue weighted by Gasteiger charge is 2.39. The van der Waals surface area contributed by atoms with Crippen molar-refractivity contribution >= 4 is 11.6 Å². The summed E-state index contributed by atoms with van der Waals surface area (Å²) >= 11 is 5.88. The molecule has 4 heteroatoms. The van der Waals surface area contributed by atoms with Crippen LogP contribution in [0.5, 0.6) is 0 Å². The molecule has 0 saturated carbocycles. The van der Waals surface area contributed by atoms with Crippen LogP contribution in [0.25, 0.3) is 0 Å². The smallest absolute Gasteiger partial charge is 0.0914 e. The Kier molecular flexibility index (Phi) is 4.05. The maximum atomic E-state index is 6.34. The highest BCUT2D eigenvalue weighted by molar-refractivity contribution is 6.30. The molecule has 0 radical (unpaired) electrons. The Bertz CT molecular complexity index is 360. The van der Waals surface area contributed by atoms with Gasteiger partial charge in [-0.2, -0.15) is 0 Å². The van der Waals surface area contributed by atoms with E-state index < -0.39 is 0 Å². The summed E-state index contributed by atoms with van der Waals surface area (Å²) in [6.45, 7) is 1.41. The van der Waals surface area contributed by atoms with Crippen LogP contribution in [-0.2, 0) is 9.47 Å². The molecule has 1 aliphatic heterocycles. The second-order valence-corrected chi connectivity index (χ2v) is 4.85. The van der Waals surface area contributed by atoms with Gasteiger partial charge >= 0.3 is 0 Å². The van der Waals surface area contributed by atoms with E-state index in [-0.39, 0.29) is 11.6 Å². The second kappa shape index (κ2) is 5.36. The summed E-state index contributed by atoms with van der Waals surface area (Å²) in [7, 11) is 1.72. The fourth-order valence-electron chi connectivity index (χ4n) is 2.33. The Morgan fingerprint density at radius 2 is 1.88 bits per heavy atom. The van der Waals surface area contributed by atoms with Crippen LogP contribution >= 0.6 is 11.6 Å². The van der Waals surface area contributed by atoms with E-state index in [1.54, 1.807) is 7.11 Å². The van der Waals surface area contributed by atoms with Gasteiger partial charge in [0.1, 0.15) is 0 Å². The third-order valence-corrected chi connectivity index (χ3v) is 3.79. The summed E-state index contributed by atoms with van der Waals surface area (Å²) in [6, 6.07) is 7.50. The topological polar surface area (TPSA) is 44.5 Å². The maximum absolute atomic E-state index is 6.34. The largest absolute Gasteiger partial charge is 0.381 e.